The van der Waals surface area contributed by atoms with Gasteiger partial charge < -0.3 is 4.74 Å². The summed E-state index contributed by atoms with van der Waals surface area (Å²) in [5.74, 6) is 0.708. The van der Waals surface area contributed by atoms with E-state index in [4.69, 9.17) is 4.74 Å². The van der Waals surface area contributed by atoms with E-state index in [2.05, 4.69) is 35.7 Å². The second-order valence-corrected chi connectivity index (χ2v) is 5.81. The molecule has 3 rings (SSSR count). The molecule has 0 unspecified atom stereocenters. The minimum Gasteiger partial charge on any atom is -0.373 e. The lowest BCUT2D eigenvalue weighted by Crippen LogP contribution is -2.20. The minimum atomic E-state index is 0.520. The topological polar surface area (TPSA) is 9.23 Å². The Morgan fingerprint density at radius 1 is 1.12 bits per heavy atom. The van der Waals surface area contributed by atoms with Gasteiger partial charge in [0.05, 0.1) is 12.7 Å². The van der Waals surface area contributed by atoms with Gasteiger partial charge in [0.15, 0.2) is 0 Å². The van der Waals surface area contributed by atoms with Crippen molar-refractivity contribution in [2.24, 2.45) is 5.92 Å². The highest BCUT2D eigenvalue weighted by Gasteiger charge is 2.34. The number of ether oxygens (including phenoxy) is 1. The van der Waals surface area contributed by atoms with Crippen LogP contribution in [0.15, 0.2) is 46.2 Å². The lowest BCUT2D eigenvalue weighted by Gasteiger charge is -2.23. The molecule has 1 nitrogen and oxygen atoms in total. The smallest absolute Gasteiger partial charge is 0.0692 e. The number of hydrogen-bond acceptors (Lipinski definition) is 2. The Hall–Kier alpha value is -0.730. The van der Waals surface area contributed by atoms with Crippen molar-refractivity contribution in [3.8, 4) is 0 Å². The Morgan fingerprint density at radius 2 is 1.94 bits per heavy atom. The number of benzene rings is 1. The standard InChI is InChI=1S/C15H18OS/c1-2-6-13(7-3-1)17-11-12-10-16-15-9-5-4-8-14(12)15/h1-3,6-7,11,14-15H,4-5,8-10H2/b12-11-/t14-,15-/m1/s1. The molecule has 0 N–H and O–H groups in total. The fourth-order valence-electron chi connectivity index (χ4n) is 2.80. The van der Waals surface area contributed by atoms with Crippen LogP contribution in [0, 0.1) is 5.92 Å². The molecule has 2 heteroatoms. The van der Waals surface area contributed by atoms with E-state index in [9.17, 15) is 0 Å². The molecule has 0 spiro atoms. The molecular formula is C15H18OS. The van der Waals surface area contributed by atoms with Gasteiger partial charge in [0, 0.05) is 10.8 Å². The summed E-state index contributed by atoms with van der Waals surface area (Å²) in [6, 6.07) is 10.6. The highest BCUT2D eigenvalue weighted by Crippen LogP contribution is 2.39. The van der Waals surface area contributed by atoms with Crippen LogP contribution in [0.1, 0.15) is 25.7 Å². The first-order valence-electron chi connectivity index (χ1n) is 6.46. The van der Waals surface area contributed by atoms with Gasteiger partial charge in [0.25, 0.3) is 0 Å². The van der Waals surface area contributed by atoms with E-state index in [-0.39, 0.29) is 0 Å². The van der Waals surface area contributed by atoms with Crippen LogP contribution in [-0.4, -0.2) is 12.7 Å². The molecule has 90 valence electrons. The quantitative estimate of drug-likeness (QED) is 0.721. The Morgan fingerprint density at radius 3 is 2.82 bits per heavy atom. The Balaban J connectivity index is 1.68. The molecule has 1 aromatic rings. The van der Waals surface area contributed by atoms with E-state index >= 15 is 0 Å². The third-order valence-electron chi connectivity index (χ3n) is 3.73. The lowest BCUT2D eigenvalue weighted by atomic mass is 9.84. The van der Waals surface area contributed by atoms with Crippen molar-refractivity contribution in [2.45, 2.75) is 36.7 Å². The van der Waals surface area contributed by atoms with Crippen LogP contribution < -0.4 is 0 Å². The van der Waals surface area contributed by atoms with Gasteiger partial charge in [-0.15, -0.1) is 0 Å². The van der Waals surface area contributed by atoms with Gasteiger partial charge in [0.2, 0.25) is 0 Å². The molecule has 2 aliphatic rings. The van der Waals surface area contributed by atoms with E-state index in [0.29, 0.717) is 12.0 Å². The van der Waals surface area contributed by atoms with Crippen molar-refractivity contribution in [2.75, 3.05) is 6.61 Å². The maximum Gasteiger partial charge on any atom is 0.0692 e. The number of thioether (sulfide) groups is 1. The molecule has 0 bridgehead atoms. The van der Waals surface area contributed by atoms with Crippen molar-refractivity contribution in [1.29, 1.82) is 0 Å². The Labute approximate surface area is 107 Å². The molecule has 1 aliphatic heterocycles. The molecular weight excluding hydrogens is 228 g/mol. The molecule has 1 heterocycles. The summed E-state index contributed by atoms with van der Waals surface area (Å²) in [6.45, 7) is 0.856. The summed E-state index contributed by atoms with van der Waals surface area (Å²) in [5, 5.41) is 2.32. The third kappa shape index (κ3) is 2.58. The van der Waals surface area contributed by atoms with Crippen LogP contribution >= 0.6 is 11.8 Å². The molecule has 17 heavy (non-hydrogen) atoms. The van der Waals surface area contributed by atoms with Crippen LogP contribution in [-0.2, 0) is 4.74 Å². The van der Waals surface area contributed by atoms with E-state index in [1.54, 1.807) is 0 Å². The van der Waals surface area contributed by atoms with Gasteiger partial charge in [0.1, 0.15) is 0 Å². The average molecular weight is 246 g/mol. The van der Waals surface area contributed by atoms with Gasteiger partial charge in [-0.05, 0) is 36.0 Å². The molecule has 0 amide bonds. The van der Waals surface area contributed by atoms with Gasteiger partial charge in [-0.2, -0.15) is 0 Å². The summed E-state index contributed by atoms with van der Waals surface area (Å²) in [6.07, 6.45) is 5.83. The molecule has 2 fully saturated rings. The summed E-state index contributed by atoms with van der Waals surface area (Å²) >= 11 is 1.83. The molecule has 1 aromatic carbocycles. The SMILES string of the molecule is C(/Sc1ccccc1)=C1\CO[C@@H]2CCCC[C@H]12. The summed E-state index contributed by atoms with van der Waals surface area (Å²) in [7, 11) is 0. The zero-order valence-electron chi connectivity index (χ0n) is 9.97. The first-order chi connectivity index (χ1) is 8.43. The van der Waals surface area contributed by atoms with Crippen molar-refractivity contribution in [1.82, 2.24) is 0 Å². The van der Waals surface area contributed by atoms with E-state index in [1.807, 2.05) is 11.8 Å². The fraction of sp³-hybridized carbons (Fsp3) is 0.467. The maximum absolute atomic E-state index is 5.88. The normalized spacial score (nSPS) is 30.5. The van der Waals surface area contributed by atoms with Crippen molar-refractivity contribution >= 4 is 11.8 Å². The van der Waals surface area contributed by atoms with Crippen LogP contribution in [0.5, 0.6) is 0 Å². The Kier molecular flexibility index (Phi) is 3.53. The number of rotatable bonds is 2. The van der Waals surface area contributed by atoms with Crippen LogP contribution in [0.3, 0.4) is 0 Å². The largest absolute Gasteiger partial charge is 0.373 e. The molecule has 1 aliphatic carbocycles. The number of fused-ring (bicyclic) bond motifs is 1. The van der Waals surface area contributed by atoms with Crippen molar-refractivity contribution in [3.63, 3.8) is 0 Å². The second kappa shape index (κ2) is 5.28. The Bertz CT molecular complexity index is 399. The van der Waals surface area contributed by atoms with E-state index in [1.165, 1.54) is 36.2 Å². The van der Waals surface area contributed by atoms with Gasteiger partial charge >= 0.3 is 0 Å². The highest BCUT2D eigenvalue weighted by molar-refractivity contribution is 8.02. The first kappa shape index (κ1) is 11.4. The maximum atomic E-state index is 5.88. The lowest BCUT2D eigenvalue weighted by molar-refractivity contribution is 0.0663. The highest BCUT2D eigenvalue weighted by atomic mass is 32.2. The van der Waals surface area contributed by atoms with Crippen molar-refractivity contribution in [3.05, 3.63) is 41.3 Å². The molecule has 0 radical (unpaired) electrons. The van der Waals surface area contributed by atoms with Crippen LogP contribution in [0.25, 0.3) is 0 Å². The molecule has 1 saturated carbocycles. The minimum absolute atomic E-state index is 0.520. The van der Waals surface area contributed by atoms with E-state index < -0.39 is 0 Å². The molecule has 1 saturated heterocycles. The van der Waals surface area contributed by atoms with Gasteiger partial charge in [-0.3, -0.25) is 0 Å². The summed E-state index contributed by atoms with van der Waals surface area (Å²) in [4.78, 5) is 1.32. The predicted molar refractivity (Wildman–Crippen MR) is 72.1 cm³/mol. The van der Waals surface area contributed by atoms with E-state index in [0.717, 1.165) is 6.61 Å². The van der Waals surface area contributed by atoms with Gasteiger partial charge in [-0.25, -0.2) is 0 Å². The van der Waals surface area contributed by atoms with Gasteiger partial charge in [-0.1, -0.05) is 42.8 Å². The first-order valence-corrected chi connectivity index (χ1v) is 7.34. The fourth-order valence-corrected chi connectivity index (χ4v) is 3.64. The summed E-state index contributed by atoms with van der Waals surface area (Å²) in [5.41, 5.74) is 1.52. The van der Waals surface area contributed by atoms with Crippen molar-refractivity contribution < 1.29 is 4.74 Å². The molecule has 2 atom stereocenters. The molecule has 0 aromatic heterocycles. The number of hydrogen-bond donors (Lipinski definition) is 0. The summed E-state index contributed by atoms with van der Waals surface area (Å²) < 4.78 is 5.88. The second-order valence-electron chi connectivity index (χ2n) is 4.86. The monoisotopic (exact) mass is 246 g/mol. The zero-order chi connectivity index (χ0) is 11.5. The van der Waals surface area contributed by atoms with Crippen LogP contribution in [0.4, 0.5) is 0 Å². The average Bonchev–Trinajstić information content (AvgIpc) is 2.81. The zero-order valence-corrected chi connectivity index (χ0v) is 10.8. The third-order valence-corrected chi connectivity index (χ3v) is 4.70. The predicted octanol–water partition coefficient (Wildman–Crippen LogP) is 4.25. The van der Waals surface area contributed by atoms with Crippen LogP contribution in [0.2, 0.25) is 0 Å².